The number of aryl methyl sites for hydroxylation is 2. The van der Waals surface area contributed by atoms with E-state index < -0.39 is 4.92 Å². The van der Waals surface area contributed by atoms with Gasteiger partial charge in [0.15, 0.2) is 0 Å². The molecule has 0 spiro atoms. The minimum Gasteiger partial charge on any atom is -0.494 e. The minimum absolute atomic E-state index is 0.0572. The van der Waals surface area contributed by atoms with Gasteiger partial charge in [0.1, 0.15) is 5.75 Å². The summed E-state index contributed by atoms with van der Waals surface area (Å²) in [5, 5.41) is 11.5. The van der Waals surface area contributed by atoms with E-state index in [4.69, 9.17) is 16.3 Å². The van der Waals surface area contributed by atoms with Gasteiger partial charge in [0.2, 0.25) is 0 Å². The molecule has 0 aliphatic rings. The summed E-state index contributed by atoms with van der Waals surface area (Å²) in [7, 11) is 0. The quantitative estimate of drug-likeness (QED) is 0.465. The zero-order chi connectivity index (χ0) is 16.1. The second-order valence-electron chi connectivity index (χ2n) is 4.79. The van der Waals surface area contributed by atoms with Crippen molar-refractivity contribution in [1.29, 1.82) is 0 Å². The predicted octanol–water partition coefficient (Wildman–Crippen LogP) is 3.19. The summed E-state index contributed by atoms with van der Waals surface area (Å²) in [6.07, 6.45) is 1.84. The van der Waals surface area contributed by atoms with Crippen molar-refractivity contribution in [3.63, 3.8) is 0 Å². The van der Waals surface area contributed by atoms with E-state index >= 15 is 0 Å². The first-order chi connectivity index (χ1) is 10.5. The van der Waals surface area contributed by atoms with Crippen LogP contribution >= 0.6 is 11.6 Å². The molecule has 6 nitrogen and oxygen atoms in total. The molecule has 0 saturated heterocycles. The fraction of sp³-hybridized carbons (Fsp3) is 0.267. The van der Waals surface area contributed by atoms with Gasteiger partial charge in [0.25, 0.3) is 11.2 Å². The molecule has 116 valence electrons. The molecular formula is C15H15ClN2O4. The molecule has 1 aromatic carbocycles. The lowest BCUT2D eigenvalue weighted by molar-refractivity contribution is -0.385. The van der Waals surface area contributed by atoms with Gasteiger partial charge in [-0.15, -0.1) is 0 Å². The predicted molar refractivity (Wildman–Crippen MR) is 83.7 cm³/mol. The van der Waals surface area contributed by atoms with Gasteiger partial charge >= 0.3 is 0 Å². The fourth-order valence-corrected chi connectivity index (χ4v) is 2.10. The first-order valence-corrected chi connectivity index (χ1v) is 7.09. The second-order valence-corrected chi connectivity index (χ2v) is 5.22. The third-order valence-electron chi connectivity index (χ3n) is 3.13. The highest BCUT2D eigenvalue weighted by atomic mass is 35.5. The molecule has 0 aliphatic carbocycles. The lowest BCUT2D eigenvalue weighted by Crippen LogP contribution is -2.21. The molecule has 0 saturated carbocycles. The normalized spacial score (nSPS) is 10.5. The number of hydrogen-bond acceptors (Lipinski definition) is 4. The van der Waals surface area contributed by atoms with E-state index in [1.165, 1.54) is 16.8 Å². The summed E-state index contributed by atoms with van der Waals surface area (Å²) in [6.45, 7) is 2.30. The minimum atomic E-state index is -0.491. The Hall–Kier alpha value is -2.34. The van der Waals surface area contributed by atoms with Crippen LogP contribution in [0.5, 0.6) is 5.75 Å². The summed E-state index contributed by atoms with van der Waals surface area (Å²) in [4.78, 5) is 22.2. The maximum absolute atomic E-state index is 11.8. The van der Waals surface area contributed by atoms with Crippen LogP contribution in [0.4, 0.5) is 5.69 Å². The van der Waals surface area contributed by atoms with Crippen LogP contribution in [0.15, 0.2) is 41.3 Å². The van der Waals surface area contributed by atoms with E-state index in [2.05, 4.69) is 0 Å². The van der Waals surface area contributed by atoms with E-state index in [9.17, 15) is 14.9 Å². The average Bonchev–Trinajstić information content (AvgIpc) is 2.47. The Labute approximate surface area is 132 Å². The zero-order valence-corrected chi connectivity index (χ0v) is 12.7. The number of nitro groups is 1. The van der Waals surface area contributed by atoms with Crippen LogP contribution in [0.25, 0.3) is 0 Å². The van der Waals surface area contributed by atoms with Crippen LogP contribution in [0.3, 0.4) is 0 Å². The molecule has 0 unspecified atom stereocenters. The molecule has 22 heavy (non-hydrogen) atoms. The first-order valence-electron chi connectivity index (χ1n) is 6.71. The van der Waals surface area contributed by atoms with Crippen molar-refractivity contribution in [2.45, 2.75) is 19.9 Å². The smallest absolute Gasteiger partial charge is 0.288 e. The molecule has 0 radical (unpaired) electrons. The highest BCUT2D eigenvalue weighted by Gasteiger charge is 2.12. The topological polar surface area (TPSA) is 74.4 Å². The van der Waals surface area contributed by atoms with Gasteiger partial charge in [0, 0.05) is 23.2 Å². The van der Waals surface area contributed by atoms with E-state index in [1.54, 1.807) is 31.2 Å². The lowest BCUT2D eigenvalue weighted by Gasteiger charge is -2.08. The van der Waals surface area contributed by atoms with E-state index in [1.807, 2.05) is 0 Å². The highest BCUT2D eigenvalue weighted by Crippen LogP contribution is 2.16. The Balaban J connectivity index is 1.94. The van der Waals surface area contributed by atoms with Crippen LogP contribution < -0.4 is 10.3 Å². The Bertz CT molecular complexity index is 725. The van der Waals surface area contributed by atoms with E-state index in [0.717, 1.165) is 0 Å². The van der Waals surface area contributed by atoms with Gasteiger partial charge in [-0.05, 0) is 37.6 Å². The zero-order valence-electron chi connectivity index (χ0n) is 12.0. The Morgan fingerprint density at radius 2 is 2.00 bits per heavy atom. The van der Waals surface area contributed by atoms with Crippen LogP contribution in [-0.2, 0) is 6.54 Å². The van der Waals surface area contributed by atoms with Crippen molar-refractivity contribution >= 4 is 17.3 Å². The standard InChI is InChI=1S/C15H15ClN2O4/c1-11-9-15(19)17(10-14(11)18(20)21)7-2-8-22-13-5-3-12(16)4-6-13/h3-6,9-10H,2,7-8H2,1H3. The maximum atomic E-state index is 11.8. The molecule has 0 amide bonds. The first kappa shape index (κ1) is 16.0. The summed E-state index contributed by atoms with van der Waals surface area (Å²) >= 11 is 5.77. The van der Waals surface area contributed by atoms with Crippen LogP contribution in [0, 0.1) is 17.0 Å². The number of rotatable bonds is 6. The summed E-state index contributed by atoms with van der Waals surface area (Å²) < 4.78 is 6.85. The molecule has 0 fully saturated rings. The lowest BCUT2D eigenvalue weighted by atomic mass is 10.2. The van der Waals surface area contributed by atoms with Gasteiger partial charge in [-0.1, -0.05) is 11.6 Å². The maximum Gasteiger partial charge on any atom is 0.288 e. The van der Waals surface area contributed by atoms with Gasteiger partial charge in [-0.2, -0.15) is 0 Å². The number of benzene rings is 1. The number of aromatic nitrogens is 1. The Morgan fingerprint density at radius 3 is 2.64 bits per heavy atom. The molecule has 2 rings (SSSR count). The van der Waals surface area contributed by atoms with Crippen molar-refractivity contribution in [3.8, 4) is 5.75 Å². The van der Waals surface area contributed by atoms with Crippen molar-refractivity contribution in [2.24, 2.45) is 0 Å². The highest BCUT2D eigenvalue weighted by molar-refractivity contribution is 6.30. The molecule has 1 aromatic heterocycles. The van der Waals surface area contributed by atoms with Crippen molar-refractivity contribution in [2.75, 3.05) is 6.61 Å². The van der Waals surface area contributed by atoms with Crippen LogP contribution in [0.2, 0.25) is 5.02 Å². The molecule has 0 aliphatic heterocycles. The van der Waals surface area contributed by atoms with Crippen molar-refractivity contribution in [1.82, 2.24) is 4.57 Å². The molecule has 0 bridgehead atoms. The number of ether oxygens (including phenoxy) is 1. The van der Waals surface area contributed by atoms with Crippen molar-refractivity contribution in [3.05, 3.63) is 67.6 Å². The largest absolute Gasteiger partial charge is 0.494 e. The number of halogens is 1. The average molecular weight is 323 g/mol. The van der Waals surface area contributed by atoms with Gasteiger partial charge in [-0.3, -0.25) is 14.9 Å². The molecule has 1 heterocycles. The molecule has 7 heteroatoms. The molecule has 2 aromatic rings. The number of pyridine rings is 1. The SMILES string of the molecule is Cc1cc(=O)n(CCCOc2ccc(Cl)cc2)cc1[N+](=O)[O-]. The third-order valence-corrected chi connectivity index (χ3v) is 3.38. The molecular weight excluding hydrogens is 308 g/mol. The van der Waals surface area contributed by atoms with Crippen LogP contribution in [0.1, 0.15) is 12.0 Å². The fourth-order valence-electron chi connectivity index (χ4n) is 1.98. The van der Waals surface area contributed by atoms with Gasteiger partial charge in [-0.25, -0.2) is 0 Å². The summed E-state index contributed by atoms with van der Waals surface area (Å²) in [5.74, 6) is 0.687. The molecule has 0 atom stereocenters. The summed E-state index contributed by atoms with van der Waals surface area (Å²) in [5.41, 5.74) is 0.0523. The van der Waals surface area contributed by atoms with E-state index in [-0.39, 0.29) is 11.2 Å². The Morgan fingerprint density at radius 1 is 1.32 bits per heavy atom. The summed E-state index contributed by atoms with van der Waals surface area (Å²) in [6, 6.07) is 8.24. The monoisotopic (exact) mass is 322 g/mol. The number of nitrogens with zero attached hydrogens (tertiary/aromatic N) is 2. The molecule has 0 N–H and O–H groups in total. The van der Waals surface area contributed by atoms with Gasteiger partial charge < -0.3 is 9.30 Å². The van der Waals surface area contributed by atoms with Crippen LogP contribution in [-0.4, -0.2) is 16.1 Å². The second kappa shape index (κ2) is 7.09. The number of hydrogen-bond donors (Lipinski definition) is 0. The van der Waals surface area contributed by atoms with Crippen molar-refractivity contribution < 1.29 is 9.66 Å². The van der Waals surface area contributed by atoms with E-state index in [0.29, 0.717) is 35.9 Å². The Kier molecular flexibility index (Phi) is 5.16. The van der Waals surface area contributed by atoms with Gasteiger partial charge in [0.05, 0.1) is 17.7 Å². The third kappa shape index (κ3) is 4.08.